The number of hydrogen-bond acceptors (Lipinski definition) is 4. The molecule has 2 amide bonds. The number of piperidine rings is 1. The van der Waals surface area contributed by atoms with Crippen molar-refractivity contribution in [1.82, 2.24) is 20.0 Å². The number of hydrogen-bond donors (Lipinski definition) is 2. The molecule has 1 atom stereocenters. The Morgan fingerprint density at radius 3 is 2.62 bits per heavy atom. The molecule has 0 radical (unpaired) electrons. The van der Waals surface area contributed by atoms with E-state index in [9.17, 15) is 14.7 Å². The van der Waals surface area contributed by atoms with E-state index in [1.54, 1.807) is 15.9 Å². The summed E-state index contributed by atoms with van der Waals surface area (Å²) in [6.45, 7) is 3.59. The number of nitrogens with one attached hydrogen (secondary N) is 1. The largest absolute Gasteiger partial charge is 0.395 e. The van der Waals surface area contributed by atoms with Crippen molar-refractivity contribution in [3.8, 4) is 11.3 Å². The van der Waals surface area contributed by atoms with Gasteiger partial charge in [-0.05, 0) is 43.7 Å². The summed E-state index contributed by atoms with van der Waals surface area (Å²) in [4.78, 5) is 29.9. The molecular formula is C22H28N4O3. The van der Waals surface area contributed by atoms with E-state index < -0.39 is 5.54 Å². The van der Waals surface area contributed by atoms with Gasteiger partial charge < -0.3 is 14.9 Å². The van der Waals surface area contributed by atoms with Gasteiger partial charge in [0.15, 0.2) is 0 Å². The van der Waals surface area contributed by atoms with Crippen LogP contribution in [0.3, 0.4) is 0 Å². The highest BCUT2D eigenvalue weighted by Crippen LogP contribution is 2.39. The molecule has 1 unspecified atom stereocenters. The predicted octanol–water partition coefficient (Wildman–Crippen LogP) is 2.23. The first kappa shape index (κ1) is 19.6. The van der Waals surface area contributed by atoms with E-state index >= 15 is 0 Å². The number of nitrogens with zero attached hydrogens (tertiary/aromatic N) is 3. The summed E-state index contributed by atoms with van der Waals surface area (Å²) in [5.74, 6) is -0.204. The lowest BCUT2D eigenvalue weighted by Gasteiger charge is -2.44. The molecule has 2 aliphatic heterocycles. The van der Waals surface area contributed by atoms with Crippen LogP contribution in [0.1, 0.15) is 48.7 Å². The third-order valence-corrected chi connectivity index (χ3v) is 6.27. The standard InChI is InChI=1S/C22H28N4O3/c1-2-16-5-7-17(8-6-16)18-15-19(24-23-18)20(28)26-12-4-10-22(26)9-3-11-25(13-14-27)21(22)29/h5-8,15,27H,2-4,9-14H2,1H3,(H,23,24). The normalized spacial score (nSPS) is 21.9. The number of aromatic nitrogens is 2. The van der Waals surface area contributed by atoms with Crippen molar-refractivity contribution < 1.29 is 14.7 Å². The summed E-state index contributed by atoms with van der Waals surface area (Å²) in [5, 5.41) is 16.5. The molecule has 0 saturated carbocycles. The molecule has 1 aromatic carbocycles. The number of aliphatic hydroxyl groups is 1. The number of aliphatic hydroxyl groups excluding tert-OH is 1. The van der Waals surface area contributed by atoms with Gasteiger partial charge in [0.25, 0.3) is 5.91 Å². The fourth-order valence-corrected chi connectivity index (χ4v) is 4.69. The second-order valence-electron chi connectivity index (χ2n) is 7.93. The SMILES string of the molecule is CCc1ccc(-c2cc(C(=O)N3CCCC34CCCN(CCO)C4=O)[nH]n2)cc1. The second kappa shape index (κ2) is 7.99. The molecule has 1 spiro atoms. The average Bonchev–Trinajstić information content (AvgIpc) is 3.40. The number of carbonyl (C=O) groups excluding carboxylic acids is 2. The van der Waals surface area contributed by atoms with Crippen molar-refractivity contribution in [1.29, 1.82) is 0 Å². The van der Waals surface area contributed by atoms with Crippen molar-refractivity contribution in [3.05, 3.63) is 41.6 Å². The number of amides is 2. The van der Waals surface area contributed by atoms with Crippen molar-refractivity contribution in [2.75, 3.05) is 26.2 Å². The molecule has 154 valence electrons. The smallest absolute Gasteiger partial charge is 0.272 e. The number of benzene rings is 1. The summed E-state index contributed by atoms with van der Waals surface area (Å²) in [6, 6.07) is 9.93. The molecule has 0 aliphatic carbocycles. The van der Waals surface area contributed by atoms with Crippen LogP contribution < -0.4 is 0 Å². The first-order valence-electron chi connectivity index (χ1n) is 10.5. The minimum absolute atomic E-state index is 0.0291. The zero-order valence-electron chi connectivity index (χ0n) is 16.9. The van der Waals surface area contributed by atoms with Crippen LogP contribution in [0.4, 0.5) is 0 Å². The van der Waals surface area contributed by atoms with Crippen molar-refractivity contribution in [3.63, 3.8) is 0 Å². The van der Waals surface area contributed by atoms with Crippen molar-refractivity contribution in [2.45, 2.75) is 44.6 Å². The maximum atomic E-state index is 13.3. The van der Waals surface area contributed by atoms with E-state index in [0.29, 0.717) is 38.2 Å². The number of aromatic amines is 1. The molecule has 3 heterocycles. The highest BCUT2D eigenvalue weighted by molar-refractivity contribution is 5.99. The van der Waals surface area contributed by atoms with Gasteiger partial charge in [0.1, 0.15) is 11.2 Å². The predicted molar refractivity (Wildman–Crippen MR) is 109 cm³/mol. The number of aryl methyl sites for hydroxylation is 1. The lowest BCUT2D eigenvalue weighted by atomic mass is 9.85. The molecular weight excluding hydrogens is 368 g/mol. The Morgan fingerprint density at radius 1 is 1.21 bits per heavy atom. The monoisotopic (exact) mass is 396 g/mol. The van der Waals surface area contributed by atoms with Gasteiger partial charge in [0, 0.05) is 25.2 Å². The molecule has 2 aromatic rings. The van der Waals surface area contributed by atoms with Gasteiger partial charge in [0.2, 0.25) is 5.91 Å². The highest BCUT2D eigenvalue weighted by Gasteiger charge is 2.52. The Kier molecular flexibility index (Phi) is 5.41. The summed E-state index contributed by atoms with van der Waals surface area (Å²) < 4.78 is 0. The zero-order valence-corrected chi connectivity index (χ0v) is 16.9. The van der Waals surface area contributed by atoms with Crippen LogP contribution in [-0.4, -0.2) is 68.7 Å². The van der Waals surface area contributed by atoms with Crippen LogP contribution in [0, 0.1) is 0 Å². The van der Waals surface area contributed by atoms with E-state index in [4.69, 9.17) is 0 Å². The van der Waals surface area contributed by atoms with Gasteiger partial charge in [-0.1, -0.05) is 31.2 Å². The zero-order chi connectivity index (χ0) is 20.4. The quantitative estimate of drug-likeness (QED) is 0.811. The van der Waals surface area contributed by atoms with Gasteiger partial charge in [-0.15, -0.1) is 0 Å². The van der Waals surface area contributed by atoms with Gasteiger partial charge >= 0.3 is 0 Å². The van der Waals surface area contributed by atoms with Crippen LogP contribution in [0.5, 0.6) is 0 Å². The minimum atomic E-state index is -0.779. The van der Waals surface area contributed by atoms with Crippen molar-refractivity contribution in [2.24, 2.45) is 0 Å². The van der Waals surface area contributed by atoms with Crippen LogP contribution in [0.25, 0.3) is 11.3 Å². The van der Waals surface area contributed by atoms with Crippen molar-refractivity contribution >= 4 is 11.8 Å². The van der Waals surface area contributed by atoms with Crippen LogP contribution in [0.2, 0.25) is 0 Å². The van der Waals surface area contributed by atoms with Gasteiger partial charge in [-0.2, -0.15) is 5.10 Å². The van der Waals surface area contributed by atoms with E-state index in [2.05, 4.69) is 29.3 Å². The Morgan fingerprint density at radius 2 is 1.93 bits per heavy atom. The third-order valence-electron chi connectivity index (χ3n) is 6.27. The van der Waals surface area contributed by atoms with Crippen LogP contribution in [0.15, 0.2) is 30.3 Å². The first-order valence-corrected chi connectivity index (χ1v) is 10.5. The summed E-state index contributed by atoms with van der Waals surface area (Å²) in [7, 11) is 0. The van der Waals surface area contributed by atoms with Crippen LogP contribution >= 0.6 is 0 Å². The molecule has 2 N–H and O–H groups in total. The Balaban J connectivity index is 1.57. The van der Waals surface area contributed by atoms with Gasteiger partial charge in [-0.3, -0.25) is 14.7 Å². The molecule has 2 saturated heterocycles. The summed E-state index contributed by atoms with van der Waals surface area (Å²) >= 11 is 0. The number of H-pyrrole nitrogens is 1. The second-order valence-corrected chi connectivity index (χ2v) is 7.93. The Bertz CT molecular complexity index is 890. The maximum Gasteiger partial charge on any atom is 0.272 e. The Labute approximate surface area is 170 Å². The molecule has 2 fully saturated rings. The lowest BCUT2D eigenvalue weighted by Crippen LogP contribution is -2.61. The van der Waals surface area contributed by atoms with Gasteiger partial charge in [0.05, 0.1) is 12.3 Å². The average molecular weight is 396 g/mol. The van der Waals surface area contributed by atoms with Gasteiger partial charge in [-0.25, -0.2) is 0 Å². The fourth-order valence-electron chi connectivity index (χ4n) is 4.69. The molecule has 4 rings (SSSR count). The molecule has 2 aliphatic rings. The molecule has 7 heteroatoms. The number of rotatable bonds is 5. The molecule has 0 bridgehead atoms. The molecule has 29 heavy (non-hydrogen) atoms. The number of β-amino-alcohol motifs (C(OH)–C–C–N with tert-alkyl or cyclic N) is 1. The first-order chi connectivity index (χ1) is 14.1. The molecule has 1 aromatic heterocycles. The maximum absolute atomic E-state index is 13.3. The van der Waals surface area contributed by atoms with Crippen LogP contribution in [-0.2, 0) is 11.2 Å². The minimum Gasteiger partial charge on any atom is -0.395 e. The summed E-state index contributed by atoms with van der Waals surface area (Å²) in [6.07, 6.45) is 3.98. The lowest BCUT2D eigenvalue weighted by molar-refractivity contribution is -0.146. The number of carbonyl (C=O) groups is 2. The fraction of sp³-hybridized carbons (Fsp3) is 0.500. The van der Waals surface area contributed by atoms with E-state index in [-0.39, 0.29) is 18.4 Å². The van der Waals surface area contributed by atoms with E-state index in [1.807, 2.05) is 12.1 Å². The third kappa shape index (κ3) is 3.44. The number of likely N-dealkylation sites (tertiary alicyclic amines) is 2. The highest BCUT2D eigenvalue weighted by atomic mass is 16.3. The Hall–Kier alpha value is -2.67. The summed E-state index contributed by atoms with van der Waals surface area (Å²) in [5.41, 5.74) is 2.56. The van der Waals surface area contributed by atoms with E-state index in [0.717, 1.165) is 30.5 Å². The molecule has 7 nitrogen and oxygen atoms in total. The van der Waals surface area contributed by atoms with E-state index in [1.165, 1.54) is 5.56 Å². The topological polar surface area (TPSA) is 89.5 Å².